The number of fused-ring (bicyclic) bond motifs is 1. The maximum Gasteiger partial charge on any atom is 0.255 e. The molecular formula is C9H8FNO4S. The Morgan fingerprint density at radius 1 is 1.44 bits per heavy atom. The molecule has 0 aliphatic carbocycles. The van der Waals surface area contributed by atoms with Crippen molar-refractivity contribution in [2.75, 3.05) is 6.26 Å². The largest absolute Gasteiger partial charge is 0.369 e. The predicted octanol–water partition coefficient (Wildman–Crippen LogP) is -0.0365. The fourth-order valence-electron chi connectivity index (χ4n) is 1.65. The number of hydrogen-bond donors (Lipinski definition) is 2. The lowest BCUT2D eigenvalue weighted by Gasteiger charge is -2.06. The minimum atomic E-state index is -3.64. The van der Waals surface area contributed by atoms with E-state index in [4.69, 9.17) is 0 Å². The Morgan fingerprint density at radius 2 is 2.06 bits per heavy atom. The van der Waals surface area contributed by atoms with Crippen molar-refractivity contribution in [3.8, 4) is 0 Å². The summed E-state index contributed by atoms with van der Waals surface area (Å²) in [5.74, 6) is -1.60. The van der Waals surface area contributed by atoms with Gasteiger partial charge in [0, 0.05) is 6.26 Å². The number of aliphatic hydroxyl groups excluding tert-OH is 1. The van der Waals surface area contributed by atoms with Crippen LogP contribution in [-0.4, -0.2) is 25.7 Å². The molecule has 1 aliphatic heterocycles. The second kappa shape index (κ2) is 3.26. The van der Waals surface area contributed by atoms with Crippen LogP contribution >= 0.6 is 0 Å². The first kappa shape index (κ1) is 11.0. The van der Waals surface area contributed by atoms with Gasteiger partial charge in [0.25, 0.3) is 5.91 Å². The number of benzene rings is 1. The molecule has 0 fully saturated rings. The zero-order chi connectivity index (χ0) is 12.1. The highest BCUT2D eigenvalue weighted by molar-refractivity contribution is 7.90. The normalized spacial score (nSPS) is 19.4. The van der Waals surface area contributed by atoms with Crippen molar-refractivity contribution in [3.05, 3.63) is 29.1 Å². The molecule has 0 aromatic heterocycles. The molecule has 0 spiro atoms. The van der Waals surface area contributed by atoms with E-state index in [0.717, 1.165) is 18.4 Å². The fraction of sp³-hybridized carbons (Fsp3) is 0.222. The lowest BCUT2D eigenvalue weighted by Crippen LogP contribution is -2.19. The molecule has 1 aliphatic rings. The second-order valence-corrected chi connectivity index (χ2v) is 5.47. The average Bonchev–Trinajstić information content (AvgIpc) is 2.42. The number of hydrogen-bond acceptors (Lipinski definition) is 4. The number of rotatable bonds is 1. The maximum atomic E-state index is 13.3. The van der Waals surface area contributed by atoms with Gasteiger partial charge in [-0.3, -0.25) is 4.79 Å². The minimum absolute atomic E-state index is 0.280. The van der Waals surface area contributed by atoms with E-state index in [-0.39, 0.29) is 16.0 Å². The molecule has 0 saturated heterocycles. The van der Waals surface area contributed by atoms with Gasteiger partial charge in [0.15, 0.2) is 16.1 Å². The van der Waals surface area contributed by atoms with E-state index in [1.54, 1.807) is 0 Å². The fourth-order valence-corrected chi connectivity index (χ4v) is 2.54. The molecule has 86 valence electrons. The van der Waals surface area contributed by atoms with Gasteiger partial charge < -0.3 is 10.4 Å². The molecule has 1 atom stereocenters. The summed E-state index contributed by atoms with van der Waals surface area (Å²) in [6.45, 7) is 0. The summed E-state index contributed by atoms with van der Waals surface area (Å²) in [6, 6.07) is 1.93. The SMILES string of the molecule is CS(=O)(=O)c1ccc(F)c2c1C(=O)N[C@H]2O. The molecule has 1 aromatic rings. The van der Waals surface area contributed by atoms with E-state index in [2.05, 4.69) is 0 Å². The first-order valence-corrected chi connectivity index (χ1v) is 6.23. The lowest BCUT2D eigenvalue weighted by molar-refractivity contribution is 0.0846. The summed E-state index contributed by atoms with van der Waals surface area (Å²) in [5.41, 5.74) is -0.622. The van der Waals surface area contributed by atoms with Crippen molar-refractivity contribution in [1.82, 2.24) is 5.32 Å². The van der Waals surface area contributed by atoms with E-state index in [1.165, 1.54) is 0 Å². The third-order valence-electron chi connectivity index (χ3n) is 2.32. The quantitative estimate of drug-likeness (QED) is 0.680. The van der Waals surface area contributed by atoms with Gasteiger partial charge in [0.05, 0.1) is 16.0 Å². The Bertz CT molecular complexity index is 581. The summed E-state index contributed by atoms with van der Waals surface area (Å²) < 4.78 is 36.1. The van der Waals surface area contributed by atoms with E-state index in [0.29, 0.717) is 0 Å². The van der Waals surface area contributed by atoms with E-state index < -0.39 is 27.8 Å². The van der Waals surface area contributed by atoms with Crippen LogP contribution in [0.5, 0.6) is 0 Å². The van der Waals surface area contributed by atoms with Crippen LogP contribution < -0.4 is 5.32 Å². The molecule has 0 bridgehead atoms. The van der Waals surface area contributed by atoms with E-state index >= 15 is 0 Å². The second-order valence-electron chi connectivity index (χ2n) is 3.48. The summed E-state index contributed by atoms with van der Waals surface area (Å²) in [7, 11) is -3.64. The van der Waals surface area contributed by atoms with Crippen LogP contribution in [0.1, 0.15) is 22.1 Å². The van der Waals surface area contributed by atoms with Crippen molar-refractivity contribution < 1.29 is 22.7 Å². The van der Waals surface area contributed by atoms with Gasteiger partial charge in [-0.05, 0) is 12.1 Å². The summed E-state index contributed by atoms with van der Waals surface area (Å²) >= 11 is 0. The van der Waals surface area contributed by atoms with Gasteiger partial charge >= 0.3 is 0 Å². The van der Waals surface area contributed by atoms with Crippen molar-refractivity contribution in [2.24, 2.45) is 0 Å². The third-order valence-corrected chi connectivity index (χ3v) is 3.46. The number of halogens is 1. The molecular weight excluding hydrogens is 237 g/mol. The molecule has 1 amide bonds. The molecule has 1 aromatic carbocycles. The zero-order valence-electron chi connectivity index (χ0n) is 8.19. The Morgan fingerprint density at radius 3 is 2.62 bits per heavy atom. The van der Waals surface area contributed by atoms with Crippen LogP contribution in [0.25, 0.3) is 0 Å². The van der Waals surface area contributed by atoms with E-state index in [9.17, 15) is 22.7 Å². The highest BCUT2D eigenvalue weighted by Gasteiger charge is 2.35. The first-order valence-electron chi connectivity index (χ1n) is 4.34. The molecule has 5 nitrogen and oxygen atoms in total. The molecule has 7 heteroatoms. The molecule has 0 saturated carbocycles. The molecule has 1 heterocycles. The van der Waals surface area contributed by atoms with Gasteiger partial charge in [-0.1, -0.05) is 0 Å². The number of aliphatic hydroxyl groups is 1. The van der Waals surface area contributed by atoms with Gasteiger partial charge in [0.1, 0.15) is 5.82 Å². The average molecular weight is 245 g/mol. The van der Waals surface area contributed by atoms with Gasteiger partial charge in [-0.25, -0.2) is 12.8 Å². The van der Waals surface area contributed by atoms with Crippen LogP contribution in [-0.2, 0) is 9.84 Å². The van der Waals surface area contributed by atoms with Crippen molar-refractivity contribution in [2.45, 2.75) is 11.1 Å². The standard InChI is InChI=1S/C9H8FNO4S/c1-16(14,15)5-3-2-4(10)6-7(5)9(13)11-8(6)12/h2-3,8,12H,1H3,(H,11,13)/t8-/m0/s1. The van der Waals surface area contributed by atoms with Gasteiger partial charge in [-0.15, -0.1) is 0 Å². The van der Waals surface area contributed by atoms with Crippen LogP contribution in [0.15, 0.2) is 17.0 Å². The molecule has 0 radical (unpaired) electrons. The number of carbonyl (C=O) groups is 1. The maximum absolute atomic E-state index is 13.3. The third kappa shape index (κ3) is 1.48. The first-order chi connectivity index (χ1) is 7.32. The zero-order valence-corrected chi connectivity index (χ0v) is 9.01. The number of amides is 1. The summed E-state index contributed by atoms with van der Waals surface area (Å²) in [6.07, 6.45) is -0.581. The molecule has 16 heavy (non-hydrogen) atoms. The lowest BCUT2D eigenvalue weighted by atomic mass is 10.1. The predicted molar refractivity (Wildman–Crippen MR) is 51.9 cm³/mol. The summed E-state index contributed by atoms with van der Waals surface area (Å²) in [4.78, 5) is 11.1. The van der Waals surface area contributed by atoms with E-state index in [1.807, 2.05) is 5.32 Å². The Kier molecular flexibility index (Phi) is 2.25. The highest BCUT2D eigenvalue weighted by Crippen LogP contribution is 2.31. The molecule has 0 unspecified atom stereocenters. The van der Waals surface area contributed by atoms with Crippen LogP contribution in [0.2, 0.25) is 0 Å². The van der Waals surface area contributed by atoms with Gasteiger partial charge in [-0.2, -0.15) is 0 Å². The molecule has 2 rings (SSSR count). The van der Waals surface area contributed by atoms with Crippen LogP contribution in [0, 0.1) is 5.82 Å². The monoisotopic (exact) mass is 245 g/mol. The smallest absolute Gasteiger partial charge is 0.255 e. The molecule has 2 N–H and O–H groups in total. The number of nitrogens with one attached hydrogen (secondary N) is 1. The number of sulfone groups is 1. The summed E-state index contributed by atoms with van der Waals surface area (Å²) in [5, 5.41) is 11.4. The van der Waals surface area contributed by atoms with Gasteiger partial charge in [0.2, 0.25) is 0 Å². The Labute approximate surface area is 90.8 Å². The van der Waals surface area contributed by atoms with Crippen LogP contribution in [0.3, 0.4) is 0 Å². The minimum Gasteiger partial charge on any atom is -0.369 e. The number of carbonyl (C=O) groups excluding carboxylic acids is 1. The Hall–Kier alpha value is -1.47. The van der Waals surface area contributed by atoms with Crippen molar-refractivity contribution in [3.63, 3.8) is 0 Å². The van der Waals surface area contributed by atoms with Crippen molar-refractivity contribution in [1.29, 1.82) is 0 Å². The van der Waals surface area contributed by atoms with Crippen molar-refractivity contribution >= 4 is 15.7 Å². The topological polar surface area (TPSA) is 83.5 Å². The highest BCUT2D eigenvalue weighted by atomic mass is 32.2. The van der Waals surface area contributed by atoms with Crippen LogP contribution in [0.4, 0.5) is 4.39 Å². The Balaban J connectivity index is 2.84.